The van der Waals surface area contributed by atoms with Gasteiger partial charge in [0, 0.05) is 16.6 Å². The van der Waals surface area contributed by atoms with E-state index in [1.165, 1.54) is 0 Å². The van der Waals surface area contributed by atoms with Crippen LogP contribution in [0.1, 0.15) is 62.1 Å². The molecule has 1 aromatic heterocycles. The van der Waals surface area contributed by atoms with Gasteiger partial charge in [0.2, 0.25) is 0 Å². The smallest absolute Gasteiger partial charge is 0.251 e. The molecule has 150 valence electrons. The summed E-state index contributed by atoms with van der Waals surface area (Å²) in [7, 11) is 0. The number of aliphatic hydroxyl groups is 1. The van der Waals surface area contributed by atoms with Crippen molar-refractivity contribution in [2.24, 2.45) is 17.8 Å². The molecule has 2 fully saturated rings. The molecule has 2 aromatic rings. The largest absolute Gasteiger partial charge is 0.384 e. The topological polar surface area (TPSA) is 80.0 Å². The summed E-state index contributed by atoms with van der Waals surface area (Å²) in [5.74, 6) is 1.75. The number of hydrogen-bond donors (Lipinski definition) is 2. The number of carbonyl (C=O) groups is 1. The predicted molar refractivity (Wildman–Crippen MR) is 107 cm³/mol. The lowest BCUT2D eigenvalue weighted by molar-refractivity contribution is 0.0737. The van der Waals surface area contributed by atoms with Crippen LogP contribution < -0.4 is 5.32 Å². The van der Waals surface area contributed by atoms with Crippen molar-refractivity contribution in [2.75, 3.05) is 0 Å². The van der Waals surface area contributed by atoms with Crippen LogP contribution in [0.2, 0.25) is 5.02 Å². The Hall–Kier alpha value is -1.92. The van der Waals surface area contributed by atoms with E-state index in [4.69, 9.17) is 11.6 Å². The van der Waals surface area contributed by atoms with E-state index in [1.54, 1.807) is 38.1 Å². The molecular weight excluding hydrogens is 376 g/mol. The van der Waals surface area contributed by atoms with E-state index < -0.39 is 5.60 Å². The fourth-order valence-electron chi connectivity index (χ4n) is 4.73. The monoisotopic (exact) mass is 402 g/mol. The Labute approximate surface area is 170 Å². The minimum Gasteiger partial charge on any atom is -0.384 e. The van der Waals surface area contributed by atoms with Gasteiger partial charge in [-0.15, -0.1) is 5.10 Å². The maximum absolute atomic E-state index is 12.6. The Morgan fingerprint density at radius 3 is 2.50 bits per heavy atom. The van der Waals surface area contributed by atoms with Gasteiger partial charge in [-0.3, -0.25) is 4.79 Å². The number of rotatable bonds is 6. The van der Waals surface area contributed by atoms with Crippen molar-refractivity contribution in [3.8, 4) is 0 Å². The number of aromatic nitrogens is 3. The molecule has 2 aliphatic rings. The fourth-order valence-corrected chi connectivity index (χ4v) is 4.86. The van der Waals surface area contributed by atoms with Crippen LogP contribution in [0.15, 0.2) is 30.5 Å². The van der Waals surface area contributed by atoms with Crippen LogP contribution in [0.3, 0.4) is 0 Å². The summed E-state index contributed by atoms with van der Waals surface area (Å²) in [6.07, 6.45) is 4.90. The van der Waals surface area contributed by atoms with Crippen molar-refractivity contribution in [1.29, 1.82) is 0 Å². The van der Waals surface area contributed by atoms with Crippen LogP contribution in [-0.4, -0.2) is 32.0 Å². The lowest BCUT2D eigenvalue weighted by atomic mass is 9.99. The molecule has 0 unspecified atom stereocenters. The Kier molecular flexibility index (Phi) is 4.96. The minimum atomic E-state index is -0.971. The summed E-state index contributed by atoms with van der Waals surface area (Å²) in [5, 5.41) is 22.3. The molecule has 0 saturated heterocycles. The second-order valence-electron chi connectivity index (χ2n) is 8.67. The molecular formula is C21H27ClN4O2. The quantitative estimate of drug-likeness (QED) is 0.774. The van der Waals surface area contributed by atoms with Crippen molar-refractivity contribution >= 4 is 17.5 Å². The molecule has 28 heavy (non-hydrogen) atoms. The first-order valence-corrected chi connectivity index (χ1v) is 10.4. The van der Waals surface area contributed by atoms with Crippen LogP contribution in [0.5, 0.6) is 0 Å². The highest BCUT2D eigenvalue weighted by Gasteiger charge is 2.59. The number of nitrogens with one attached hydrogen (secondary N) is 1. The molecule has 0 spiro atoms. The van der Waals surface area contributed by atoms with E-state index >= 15 is 0 Å². The first-order valence-electron chi connectivity index (χ1n) is 9.99. The van der Waals surface area contributed by atoms with Crippen molar-refractivity contribution in [1.82, 2.24) is 20.3 Å². The third-order valence-corrected chi connectivity index (χ3v) is 6.58. The van der Waals surface area contributed by atoms with Gasteiger partial charge in [0.05, 0.1) is 12.2 Å². The molecule has 7 heteroatoms. The molecule has 0 aliphatic heterocycles. The SMILES string of the molecule is CC[C@@H](NC(=O)c1ccc(Cl)cc1)C1[C@@H]2CC(n3cc(C(C)(C)O)nn3)C[C@@H]12. The maximum atomic E-state index is 12.6. The molecule has 0 bridgehead atoms. The van der Waals surface area contributed by atoms with Gasteiger partial charge < -0.3 is 10.4 Å². The van der Waals surface area contributed by atoms with Gasteiger partial charge in [-0.1, -0.05) is 23.7 Å². The molecule has 0 radical (unpaired) electrons. The van der Waals surface area contributed by atoms with Gasteiger partial charge in [0.1, 0.15) is 11.3 Å². The minimum absolute atomic E-state index is 0.0314. The third kappa shape index (κ3) is 3.67. The molecule has 4 rings (SSSR count). The van der Waals surface area contributed by atoms with E-state index in [9.17, 15) is 9.90 Å². The van der Waals surface area contributed by atoms with E-state index in [0.29, 0.717) is 40.1 Å². The summed E-state index contributed by atoms with van der Waals surface area (Å²) >= 11 is 5.91. The number of amides is 1. The number of nitrogens with zero attached hydrogens (tertiary/aromatic N) is 3. The van der Waals surface area contributed by atoms with E-state index in [1.807, 2.05) is 10.9 Å². The maximum Gasteiger partial charge on any atom is 0.251 e. The fraction of sp³-hybridized carbons (Fsp3) is 0.571. The van der Waals surface area contributed by atoms with E-state index in [-0.39, 0.29) is 11.9 Å². The lowest BCUT2D eigenvalue weighted by Gasteiger charge is -2.21. The second kappa shape index (κ2) is 7.16. The van der Waals surface area contributed by atoms with Gasteiger partial charge in [-0.2, -0.15) is 0 Å². The first-order chi connectivity index (χ1) is 13.3. The Morgan fingerprint density at radius 1 is 1.32 bits per heavy atom. The average molecular weight is 403 g/mol. The second-order valence-corrected chi connectivity index (χ2v) is 9.10. The van der Waals surface area contributed by atoms with E-state index in [0.717, 1.165) is 19.3 Å². The zero-order valence-corrected chi connectivity index (χ0v) is 17.2. The lowest BCUT2D eigenvalue weighted by Crippen LogP contribution is -2.37. The zero-order chi connectivity index (χ0) is 20.1. The van der Waals surface area contributed by atoms with Crippen molar-refractivity contribution in [2.45, 2.75) is 57.7 Å². The number of hydrogen-bond acceptors (Lipinski definition) is 4. The van der Waals surface area contributed by atoms with Gasteiger partial charge in [0.15, 0.2) is 0 Å². The van der Waals surface area contributed by atoms with Crippen LogP contribution in [0, 0.1) is 17.8 Å². The molecule has 1 heterocycles. The first kappa shape index (κ1) is 19.4. The van der Waals surface area contributed by atoms with Crippen molar-refractivity contribution < 1.29 is 9.90 Å². The highest BCUT2D eigenvalue weighted by atomic mass is 35.5. The van der Waals surface area contributed by atoms with Gasteiger partial charge >= 0.3 is 0 Å². The molecule has 3 atom stereocenters. The zero-order valence-electron chi connectivity index (χ0n) is 16.5. The standard InChI is InChI=1S/C21H27ClN4O2/c1-4-17(23-20(27)12-5-7-13(22)8-6-12)19-15-9-14(10-16(15)19)26-11-18(24-25-26)21(2,3)28/h5-8,11,14-17,19,28H,4,9-10H2,1-3H3,(H,23,27)/t14?,15-,16-,17-,19?/m1/s1. The van der Waals surface area contributed by atoms with Gasteiger partial charge in [-0.05, 0) is 75.1 Å². The number of halogens is 1. The highest BCUT2D eigenvalue weighted by molar-refractivity contribution is 6.30. The van der Waals surface area contributed by atoms with Crippen LogP contribution in [-0.2, 0) is 5.60 Å². The molecule has 6 nitrogen and oxygen atoms in total. The summed E-state index contributed by atoms with van der Waals surface area (Å²) in [5.41, 5.74) is 0.279. The van der Waals surface area contributed by atoms with Crippen LogP contribution in [0.25, 0.3) is 0 Å². The normalized spacial score (nSPS) is 25.4. The summed E-state index contributed by atoms with van der Waals surface area (Å²) < 4.78 is 1.91. The van der Waals surface area contributed by atoms with E-state index in [2.05, 4.69) is 22.6 Å². The van der Waals surface area contributed by atoms with Crippen molar-refractivity contribution in [3.63, 3.8) is 0 Å². The van der Waals surface area contributed by atoms with Gasteiger partial charge in [-0.25, -0.2) is 4.68 Å². The third-order valence-electron chi connectivity index (χ3n) is 6.32. The number of benzene rings is 1. The average Bonchev–Trinajstić information content (AvgIpc) is 3.05. The summed E-state index contributed by atoms with van der Waals surface area (Å²) in [6, 6.07) is 7.54. The molecule has 1 aromatic carbocycles. The number of fused-ring (bicyclic) bond motifs is 1. The molecule has 1 amide bonds. The van der Waals surface area contributed by atoms with Gasteiger partial charge in [0.25, 0.3) is 5.91 Å². The molecule has 2 saturated carbocycles. The van der Waals surface area contributed by atoms with Crippen LogP contribution in [0.4, 0.5) is 0 Å². The van der Waals surface area contributed by atoms with Crippen LogP contribution >= 0.6 is 11.6 Å². The molecule has 2 N–H and O–H groups in total. The highest BCUT2D eigenvalue weighted by Crippen LogP contribution is 2.62. The van der Waals surface area contributed by atoms with Crippen molar-refractivity contribution in [3.05, 3.63) is 46.7 Å². The molecule has 2 aliphatic carbocycles. The summed E-state index contributed by atoms with van der Waals surface area (Å²) in [6.45, 7) is 5.57. The Bertz CT molecular complexity index is 846. The Morgan fingerprint density at radius 2 is 1.96 bits per heavy atom. The number of carbonyl (C=O) groups excluding carboxylic acids is 1. The summed E-state index contributed by atoms with van der Waals surface area (Å²) in [4.78, 5) is 12.6. The predicted octanol–water partition coefficient (Wildman–Crippen LogP) is 3.56. The Balaban J connectivity index is 1.35.